The van der Waals surface area contributed by atoms with Gasteiger partial charge < -0.3 is 15.3 Å². The number of pyridine rings is 1. The molecule has 0 saturated carbocycles. The highest BCUT2D eigenvalue weighted by Crippen LogP contribution is 2.14. The average molecular weight is 237 g/mol. The van der Waals surface area contributed by atoms with Gasteiger partial charge >= 0.3 is 0 Å². The second-order valence-corrected chi connectivity index (χ2v) is 4.25. The van der Waals surface area contributed by atoms with Crippen molar-refractivity contribution >= 4 is 5.91 Å². The molecule has 1 aromatic rings. The van der Waals surface area contributed by atoms with Crippen LogP contribution < -0.4 is 5.32 Å². The molecule has 1 heterocycles. The third-order valence-electron chi connectivity index (χ3n) is 2.48. The van der Waals surface area contributed by atoms with E-state index in [0.717, 1.165) is 5.69 Å². The van der Waals surface area contributed by atoms with Crippen molar-refractivity contribution in [3.63, 3.8) is 0 Å². The molecule has 1 aromatic heterocycles. The Balaban J connectivity index is 2.61. The summed E-state index contributed by atoms with van der Waals surface area (Å²) in [5, 5.41) is 12.6. The van der Waals surface area contributed by atoms with Crippen molar-refractivity contribution in [1.29, 1.82) is 0 Å². The normalized spacial score (nSPS) is 12.2. The SMILES string of the molecule is Cc1ccc(O)c(CNC(C)C(=O)N(C)C)n1. The quantitative estimate of drug-likeness (QED) is 0.807. The van der Waals surface area contributed by atoms with Gasteiger partial charge in [-0.1, -0.05) is 0 Å². The molecular formula is C12H19N3O2. The lowest BCUT2D eigenvalue weighted by Gasteiger charge is -2.18. The molecule has 0 bridgehead atoms. The fraction of sp³-hybridized carbons (Fsp3) is 0.500. The topological polar surface area (TPSA) is 65.5 Å². The van der Waals surface area contributed by atoms with Gasteiger partial charge in [-0.25, -0.2) is 0 Å². The van der Waals surface area contributed by atoms with Crippen LogP contribution in [0.25, 0.3) is 0 Å². The third kappa shape index (κ3) is 3.71. The highest BCUT2D eigenvalue weighted by atomic mass is 16.3. The van der Waals surface area contributed by atoms with E-state index >= 15 is 0 Å². The van der Waals surface area contributed by atoms with E-state index in [9.17, 15) is 9.90 Å². The standard InChI is InChI=1S/C12H19N3O2/c1-8-5-6-11(16)10(14-8)7-13-9(2)12(17)15(3)4/h5-6,9,13,16H,7H2,1-4H3. The van der Waals surface area contributed by atoms with Crippen molar-refractivity contribution < 1.29 is 9.90 Å². The van der Waals surface area contributed by atoms with E-state index in [0.29, 0.717) is 12.2 Å². The van der Waals surface area contributed by atoms with Crippen LogP contribution >= 0.6 is 0 Å². The molecule has 1 rings (SSSR count). The number of aromatic nitrogens is 1. The zero-order chi connectivity index (χ0) is 13.0. The molecule has 1 amide bonds. The number of aromatic hydroxyl groups is 1. The van der Waals surface area contributed by atoms with Crippen LogP contribution in [0.2, 0.25) is 0 Å². The van der Waals surface area contributed by atoms with E-state index < -0.39 is 0 Å². The first-order chi connectivity index (χ1) is 7.91. The summed E-state index contributed by atoms with van der Waals surface area (Å²) < 4.78 is 0. The van der Waals surface area contributed by atoms with E-state index in [1.54, 1.807) is 33.2 Å². The van der Waals surface area contributed by atoms with Gasteiger partial charge in [-0.3, -0.25) is 9.78 Å². The molecule has 5 heteroatoms. The number of carbonyl (C=O) groups is 1. The monoisotopic (exact) mass is 237 g/mol. The van der Waals surface area contributed by atoms with Gasteiger partial charge in [0.2, 0.25) is 5.91 Å². The van der Waals surface area contributed by atoms with Gasteiger partial charge in [0.1, 0.15) is 5.75 Å². The molecule has 1 unspecified atom stereocenters. The van der Waals surface area contributed by atoms with Crippen LogP contribution in [-0.4, -0.2) is 41.0 Å². The molecule has 0 aromatic carbocycles. The molecule has 1 atom stereocenters. The molecule has 0 spiro atoms. The zero-order valence-corrected chi connectivity index (χ0v) is 10.7. The van der Waals surface area contributed by atoms with Crippen molar-refractivity contribution in [3.05, 3.63) is 23.5 Å². The van der Waals surface area contributed by atoms with Crippen LogP contribution in [-0.2, 0) is 11.3 Å². The Morgan fingerprint density at radius 1 is 1.53 bits per heavy atom. The lowest BCUT2D eigenvalue weighted by atomic mass is 10.2. The molecule has 0 aliphatic heterocycles. The first-order valence-corrected chi connectivity index (χ1v) is 5.52. The lowest BCUT2D eigenvalue weighted by Crippen LogP contribution is -2.41. The van der Waals surface area contributed by atoms with Gasteiger partial charge in [-0.05, 0) is 26.0 Å². The summed E-state index contributed by atoms with van der Waals surface area (Å²) in [6, 6.07) is 3.05. The second-order valence-electron chi connectivity index (χ2n) is 4.25. The molecule has 17 heavy (non-hydrogen) atoms. The zero-order valence-electron chi connectivity index (χ0n) is 10.7. The maximum absolute atomic E-state index is 11.6. The Bertz CT molecular complexity index is 405. The summed E-state index contributed by atoms with van der Waals surface area (Å²) in [4.78, 5) is 17.3. The van der Waals surface area contributed by atoms with Gasteiger partial charge in [-0.15, -0.1) is 0 Å². The van der Waals surface area contributed by atoms with E-state index in [1.807, 2.05) is 6.92 Å². The number of nitrogens with zero attached hydrogens (tertiary/aromatic N) is 2. The average Bonchev–Trinajstić information content (AvgIpc) is 2.28. The van der Waals surface area contributed by atoms with Crippen molar-refractivity contribution in [1.82, 2.24) is 15.2 Å². The fourth-order valence-electron chi connectivity index (χ4n) is 1.46. The van der Waals surface area contributed by atoms with Crippen LogP contribution in [0, 0.1) is 6.92 Å². The second kappa shape index (κ2) is 5.63. The van der Waals surface area contributed by atoms with Crippen molar-refractivity contribution in [3.8, 4) is 5.75 Å². The Hall–Kier alpha value is -1.62. The molecule has 0 fully saturated rings. The summed E-state index contributed by atoms with van der Waals surface area (Å²) in [5.74, 6) is 0.143. The number of rotatable bonds is 4. The number of hydrogen-bond acceptors (Lipinski definition) is 4. The Morgan fingerprint density at radius 2 is 2.18 bits per heavy atom. The molecule has 5 nitrogen and oxygen atoms in total. The minimum absolute atomic E-state index is 0.00265. The lowest BCUT2D eigenvalue weighted by molar-refractivity contribution is -0.130. The maximum atomic E-state index is 11.6. The molecule has 94 valence electrons. The van der Waals surface area contributed by atoms with E-state index in [4.69, 9.17) is 0 Å². The maximum Gasteiger partial charge on any atom is 0.238 e. The number of likely N-dealkylation sites (N-methyl/N-ethyl adjacent to an activating group) is 1. The highest BCUT2D eigenvalue weighted by molar-refractivity contribution is 5.80. The third-order valence-corrected chi connectivity index (χ3v) is 2.48. The minimum Gasteiger partial charge on any atom is -0.506 e. The Morgan fingerprint density at radius 3 is 2.76 bits per heavy atom. The first-order valence-electron chi connectivity index (χ1n) is 5.52. The molecule has 0 radical (unpaired) electrons. The summed E-state index contributed by atoms with van der Waals surface area (Å²) >= 11 is 0. The molecular weight excluding hydrogens is 218 g/mol. The number of hydrogen-bond donors (Lipinski definition) is 2. The molecule has 2 N–H and O–H groups in total. The molecule has 0 aliphatic carbocycles. The van der Waals surface area contributed by atoms with Crippen LogP contribution in [0.1, 0.15) is 18.3 Å². The number of carbonyl (C=O) groups excluding carboxylic acids is 1. The summed E-state index contributed by atoms with van der Waals surface area (Å²) in [7, 11) is 3.42. The van der Waals surface area contributed by atoms with E-state index in [2.05, 4.69) is 10.3 Å². The Labute approximate surface area is 101 Å². The van der Waals surface area contributed by atoms with Crippen LogP contribution in [0.15, 0.2) is 12.1 Å². The molecule has 0 aliphatic rings. The largest absolute Gasteiger partial charge is 0.506 e. The highest BCUT2D eigenvalue weighted by Gasteiger charge is 2.14. The van der Waals surface area contributed by atoms with Gasteiger partial charge in [-0.2, -0.15) is 0 Å². The van der Waals surface area contributed by atoms with E-state index in [1.165, 1.54) is 4.90 Å². The first kappa shape index (κ1) is 13.4. The van der Waals surface area contributed by atoms with Crippen molar-refractivity contribution in [2.75, 3.05) is 14.1 Å². The summed E-state index contributed by atoms with van der Waals surface area (Å²) in [6.45, 7) is 4.01. The minimum atomic E-state index is -0.299. The molecule has 0 saturated heterocycles. The number of amides is 1. The summed E-state index contributed by atoms with van der Waals surface area (Å²) in [5.41, 5.74) is 1.40. The van der Waals surface area contributed by atoms with Gasteiger partial charge in [0.15, 0.2) is 0 Å². The fourth-order valence-corrected chi connectivity index (χ4v) is 1.46. The van der Waals surface area contributed by atoms with Crippen LogP contribution in [0.4, 0.5) is 0 Å². The van der Waals surface area contributed by atoms with Crippen molar-refractivity contribution in [2.45, 2.75) is 26.4 Å². The van der Waals surface area contributed by atoms with E-state index in [-0.39, 0.29) is 17.7 Å². The van der Waals surface area contributed by atoms with Crippen LogP contribution in [0.5, 0.6) is 5.75 Å². The Kier molecular flexibility index (Phi) is 4.45. The van der Waals surface area contributed by atoms with Gasteiger partial charge in [0.05, 0.1) is 11.7 Å². The summed E-state index contributed by atoms with van der Waals surface area (Å²) in [6.07, 6.45) is 0. The smallest absolute Gasteiger partial charge is 0.238 e. The number of nitrogens with one attached hydrogen (secondary N) is 1. The number of aryl methyl sites for hydroxylation is 1. The van der Waals surface area contributed by atoms with Gasteiger partial charge in [0, 0.05) is 26.3 Å². The predicted molar refractivity (Wildman–Crippen MR) is 65.6 cm³/mol. The van der Waals surface area contributed by atoms with Crippen molar-refractivity contribution in [2.24, 2.45) is 0 Å². The predicted octanol–water partition coefficient (Wildman–Crippen LogP) is 0.662. The van der Waals surface area contributed by atoms with Crippen LogP contribution in [0.3, 0.4) is 0 Å². The van der Waals surface area contributed by atoms with Gasteiger partial charge in [0.25, 0.3) is 0 Å².